The van der Waals surface area contributed by atoms with E-state index in [9.17, 15) is 14.9 Å². The number of carbonyl (C=O) groups is 2. The number of nitrogens with zero attached hydrogens (tertiary/aromatic N) is 1. The number of aldehydes is 1. The first-order chi connectivity index (χ1) is 11.2. The van der Waals surface area contributed by atoms with Crippen molar-refractivity contribution >= 4 is 17.8 Å². The molecular weight excluding hydrogens is 290 g/mol. The highest BCUT2D eigenvalue weighted by Crippen LogP contribution is 2.27. The van der Waals surface area contributed by atoms with Gasteiger partial charge in [0.1, 0.15) is 17.9 Å². The highest BCUT2D eigenvalue weighted by molar-refractivity contribution is 6.05. The average Bonchev–Trinajstić information content (AvgIpc) is 2.60. The van der Waals surface area contributed by atoms with Crippen LogP contribution in [-0.2, 0) is 9.53 Å². The molecule has 0 aliphatic carbocycles. The summed E-state index contributed by atoms with van der Waals surface area (Å²) in [5, 5.41) is 9.45. The average molecular weight is 305 g/mol. The van der Waals surface area contributed by atoms with E-state index in [-0.39, 0.29) is 12.2 Å². The summed E-state index contributed by atoms with van der Waals surface area (Å²) in [6.07, 6.45) is 0.742. The van der Waals surface area contributed by atoms with Crippen molar-refractivity contribution in [3.05, 3.63) is 76.9 Å². The lowest BCUT2D eigenvalue weighted by molar-refractivity contribution is -0.137. The fourth-order valence-electron chi connectivity index (χ4n) is 2.20. The molecule has 0 radical (unpaired) electrons. The molecule has 0 unspecified atom stereocenters. The molecule has 2 aromatic rings. The number of hydrogen-bond donors (Lipinski definition) is 0. The molecule has 0 spiro atoms. The Morgan fingerprint density at radius 1 is 1.09 bits per heavy atom. The molecule has 0 N–H and O–H groups in total. The van der Waals surface area contributed by atoms with Gasteiger partial charge >= 0.3 is 5.97 Å². The number of nitriles is 1. The van der Waals surface area contributed by atoms with Gasteiger partial charge in [-0.1, -0.05) is 54.6 Å². The van der Waals surface area contributed by atoms with E-state index in [0.717, 1.165) is 11.8 Å². The van der Waals surface area contributed by atoms with Gasteiger partial charge < -0.3 is 4.74 Å². The molecule has 4 heteroatoms. The van der Waals surface area contributed by atoms with Gasteiger partial charge in [-0.05, 0) is 18.1 Å². The van der Waals surface area contributed by atoms with Crippen molar-refractivity contribution in [3.63, 3.8) is 0 Å². The Balaban J connectivity index is 2.66. The maximum absolute atomic E-state index is 12.1. The Labute approximate surface area is 134 Å². The van der Waals surface area contributed by atoms with Crippen LogP contribution in [0.4, 0.5) is 0 Å². The first kappa shape index (κ1) is 16.2. The topological polar surface area (TPSA) is 67.2 Å². The van der Waals surface area contributed by atoms with E-state index in [2.05, 4.69) is 0 Å². The monoisotopic (exact) mass is 305 g/mol. The maximum atomic E-state index is 12.1. The maximum Gasteiger partial charge on any atom is 0.349 e. The van der Waals surface area contributed by atoms with Crippen LogP contribution in [0.15, 0.2) is 60.2 Å². The summed E-state index contributed by atoms with van der Waals surface area (Å²) in [4.78, 5) is 22.9. The third kappa shape index (κ3) is 3.72. The van der Waals surface area contributed by atoms with Crippen molar-refractivity contribution in [2.45, 2.75) is 6.92 Å². The molecule has 0 fully saturated rings. The van der Waals surface area contributed by atoms with Crippen molar-refractivity contribution in [2.75, 3.05) is 6.61 Å². The molecule has 0 aromatic heterocycles. The summed E-state index contributed by atoms with van der Waals surface area (Å²) in [5.74, 6) is -0.659. The number of carbonyl (C=O) groups excluding carboxylic acids is 2. The van der Waals surface area contributed by atoms with Gasteiger partial charge in [-0.25, -0.2) is 4.79 Å². The molecule has 4 nitrogen and oxygen atoms in total. The third-order valence-electron chi connectivity index (χ3n) is 3.24. The number of benzene rings is 2. The Bertz CT molecular complexity index is 769. The highest BCUT2D eigenvalue weighted by atomic mass is 16.5. The van der Waals surface area contributed by atoms with E-state index < -0.39 is 5.97 Å². The van der Waals surface area contributed by atoms with Crippen molar-refractivity contribution in [2.24, 2.45) is 0 Å². The molecule has 0 bridgehead atoms. The summed E-state index contributed by atoms with van der Waals surface area (Å²) in [7, 11) is 0. The van der Waals surface area contributed by atoms with Crippen molar-refractivity contribution < 1.29 is 14.3 Å². The smallest absolute Gasteiger partial charge is 0.349 e. The van der Waals surface area contributed by atoms with Crippen LogP contribution < -0.4 is 0 Å². The van der Waals surface area contributed by atoms with Crippen LogP contribution in [0.2, 0.25) is 0 Å². The lowest BCUT2D eigenvalue weighted by Crippen LogP contribution is -2.09. The van der Waals surface area contributed by atoms with Gasteiger partial charge in [0.05, 0.1) is 6.61 Å². The Kier molecular flexibility index (Phi) is 5.43. The van der Waals surface area contributed by atoms with Gasteiger partial charge in [-0.2, -0.15) is 5.26 Å². The molecular formula is C19H15NO3. The van der Waals surface area contributed by atoms with E-state index in [4.69, 9.17) is 4.74 Å². The number of ether oxygens (including phenoxy) is 1. The van der Waals surface area contributed by atoms with Crippen molar-refractivity contribution in [1.29, 1.82) is 5.26 Å². The minimum atomic E-state index is -0.659. The fourth-order valence-corrected chi connectivity index (χ4v) is 2.20. The number of rotatable bonds is 5. The van der Waals surface area contributed by atoms with E-state index in [1.807, 2.05) is 36.4 Å². The van der Waals surface area contributed by atoms with Crippen LogP contribution in [0, 0.1) is 11.3 Å². The second-order valence-corrected chi connectivity index (χ2v) is 4.69. The van der Waals surface area contributed by atoms with E-state index in [1.165, 1.54) is 0 Å². The highest BCUT2D eigenvalue weighted by Gasteiger charge is 2.19. The molecule has 0 saturated heterocycles. The Morgan fingerprint density at radius 3 is 2.22 bits per heavy atom. The molecule has 2 aromatic carbocycles. The molecule has 0 aliphatic rings. The van der Waals surface area contributed by atoms with Gasteiger partial charge in [0.25, 0.3) is 0 Å². The predicted molar refractivity (Wildman–Crippen MR) is 86.5 cm³/mol. The Morgan fingerprint density at radius 2 is 1.70 bits per heavy atom. The lowest BCUT2D eigenvalue weighted by atomic mass is 9.93. The largest absolute Gasteiger partial charge is 0.462 e. The fraction of sp³-hybridized carbons (Fsp3) is 0.105. The third-order valence-corrected chi connectivity index (χ3v) is 3.24. The zero-order chi connectivity index (χ0) is 16.7. The molecule has 0 amide bonds. The first-order valence-electron chi connectivity index (χ1n) is 7.13. The second-order valence-electron chi connectivity index (χ2n) is 4.69. The zero-order valence-corrected chi connectivity index (χ0v) is 12.7. The predicted octanol–water partition coefficient (Wildman–Crippen LogP) is 3.39. The van der Waals surface area contributed by atoms with Crippen LogP contribution in [0.1, 0.15) is 28.4 Å². The minimum absolute atomic E-state index is 0.0584. The van der Waals surface area contributed by atoms with E-state index >= 15 is 0 Å². The number of esters is 1. The molecule has 2 rings (SSSR count). The van der Waals surface area contributed by atoms with Gasteiger partial charge in [0, 0.05) is 11.1 Å². The quantitative estimate of drug-likeness (QED) is 0.367. The molecule has 23 heavy (non-hydrogen) atoms. The second kappa shape index (κ2) is 7.71. The molecule has 0 aliphatic heterocycles. The van der Waals surface area contributed by atoms with Crippen molar-refractivity contribution in [3.8, 4) is 6.07 Å². The van der Waals surface area contributed by atoms with Gasteiger partial charge in [-0.15, -0.1) is 0 Å². The minimum Gasteiger partial charge on any atom is -0.462 e. The zero-order valence-electron chi connectivity index (χ0n) is 12.7. The number of hydrogen-bond acceptors (Lipinski definition) is 4. The van der Waals surface area contributed by atoms with Crippen LogP contribution in [-0.4, -0.2) is 18.9 Å². The summed E-state index contributed by atoms with van der Waals surface area (Å²) in [6.45, 7) is 1.88. The molecule has 114 valence electrons. The van der Waals surface area contributed by atoms with Crippen LogP contribution in [0.3, 0.4) is 0 Å². The van der Waals surface area contributed by atoms with Crippen LogP contribution in [0.25, 0.3) is 5.57 Å². The summed E-state index contributed by atoms with van der Waals surface area (Å²) in [5.41, 5.74) is 2.36. The van der Waals surface area contributed by atoms with E-state index in [1.54, 1.807) is 31.2 Å². The first-order valence-corrected chi connectivity index (χ1v) is 7.13. The standard InChI is InChI=1S/C19H15NO3/c1-2-23-19(22)17(12-20)18(15-6-4-3-5-7-15)16-10-8-14(13-21)9-11-16/h3-11,13H,2H2,1H3/b18-17+. The molecule has 0 heterocycles. The van der Waals surface area contributed by atoms with Crippen LogP contribution >= 0.6 is 0 Å². The van der Waals surface area contributed by atoms with Gasteiger partial charge in [0.2, 0.25) is 0 Å². The van der Waals surface area contributed by atoms with E-state index in [0.29, 0.717) is 16.7 Å². The molecule has 0 atom stereocenters. The van der Waals surface area contributed by atoms with Crippen LogP contribution in [0.5, 0.6) is 0 Å². The summed E-state index contributed by atoms with van der Waals surface area (Å²) >= 11 is 0. The normalized spacial score (nSPS) is 11.1. The van der Waals surface area contributed by atoms with Crippen molar-refractivity contribution in [1.82, 2.24) is 0 Å². The lowest BCUT2D eigenvalue weighted by Gasteiger charge is -2.11. The van der Waals surface area contributed by atoms with Gasteiger partial charge in [-0.3, -0.25) is 4.79 Å². The molecule has 0 saturated carbocycles. The summed E-state index contributed by atoms with van der Waals surface area (Å²) < 4.78 is 4.99. The van der Waals surface area contributed by atoms with Gasteiger partial charge in [0.15, 0.2) is 0 Å². The Hall–Kier alpha value is -3.19. The SMILES string of the molecule is CCOC(=O)/C(C#N)=C(\c1ccccc1)c1ccc(C=O)cc1. The summed E-state index contributed by atoms with van der Waals surface area (Å²) in [6, 6.07) is 17.8.